The second-order valence-corrected chi connectivity index (χ2v) is 7.35. The van der Waals surface area contributed by atoms with Crippen molar-refractivity contribution >= 4 is 40.3 Å². The zero-order valence-electron chi connectivity index (χ0n) is 15.9. The minimum atomic E-state index is -0.541. The van der Waals surface area contributed by atoms with Gasteiger partial charge in [0.1, 0.15) is 24.2 Å². The summed E-state index contributed by atoms with van der Waals surface area (Å²) in [5.74, 6) is 0.613. The number of fused-ring (bicyclic) bond motifs is 1. The number of halogens is 2. The van der Waals surface area contributed by atoms with E-state index in [0.29, 0.717) is 23.6 Å². The Balaban J connectivity index is 1.74. The molecule has 1 aromatic heterocycles. The minimum absolute atomic E-state index is 0.0321. The van der Waals surface area contributed by atoms with Crippen molar-refractivity contribution < 1.29 is 13.9 Å². The first-order valence-electron chi connectivity index (χ1n) is 9.32. The molecule has 1 N–H and O–H groups in total. The highest BCUT2D eigenvalue weighted by Crippen LogP contribution is 2.33. The lowest BCUT2D eigenvalue weighted by Gasteiger charge is -2.22. The average Bonchev–Trinajstić information content (AvgIpc) is 3.18. The Kier molecular flexibility index (Phi) is 5.60. The summed E-state index contributed by atoms with van der Waals surface area (Å²) >= 11 is 5.89. The first kappa shape index (κ1) is 19.5. The lowest BCUT2D eigenvalue weighted by molar-refractivity contribution is -0.111. The SMILES string of the molecule is COc1cc2ncnc(Nc3cccc(Cl)c3F)c2cc1CN1CCC[C@@H]1C=O. The van der Waals surface area contributed by atoms with E-state index in [1.807, 2.05) is 12.1 Å². The van der Waals surface area contributed by atoms with Gasteiger partial charge in [-0.25, -0.2) is 14.4 Å². The van der Waals surface area contributed by atoms with Crippen molar-refractivity contribution in [3.63, 3.8) is 0 Å². The molecule has 0 unspecified atom stereocenters. The molecule has 0 radical (unpaired) electrons. The van der Waals surface area contributed by atoms with E-state index < -0.39 is 5.82 Å². The van der Waals surface area contributed by atoms with Gasteiger partial charge in [0.15, 0.2) is 5.82 Å². The maximum Gasteiger partial charge on any atom is 0.165 e. The van der Waals surface area contributed by atoms with E-state index in [2.05, 4.69) is 20.2 Å². The number of ether oxygens (including phenoxy) is 1. The predicted octanol–water partition coefficient (Wildman–Crippen LogP) is 4.34. The number of benzene rings is 2. The molecule has 1 saturated heterocycles. The standard InChI is InChI=1S/C21H20ClFN4O2/c1-29-19-9-18-15(8-13(19)10-27-7-3-4-14(27)11-28)21(25-12-24-18)26-17-6-2-5-16(22)20(17)23/h2,5-6,8-9,11-12,14H,3-4,7,10H2,1H3,(H,24,25,26)/t14-/m1/s1. The van der Waals surface area contributed by atoms with Crippen LogP contribution in [0.2, 0.25) is 5.02 Å². The fourth-order valence-electron chi connectivity index (χ4n) is 3.69. The van der Waals surface area contributed by atoms with Gasteiger partial charge in [-0.2, -0.15) is 0 Å². The van der Waals surface area contributed by atoms with Gasteiger partial charge in [-0.1, -0.05) is 17.7 Å². The summed E-state index contributed by atoms with van der Waals surface area (Å²) in [7, 11) is 1.60. The maximum atomic E-state index is 14.3. The molecule has 1 fully saturated rings. The Labute approximate surface area is 172 Å². The Morgan fingerprint density at radius 2 is 2.24 bits per heavy atom. The van der Waals surface area contributed by atoms with Crippen molar-refractivity contribution in [1.29, 1.82) is 0 Å². The Morgan fingerprint density at radius 3 is 3.03 bits per heavy atom. The molecule has 0 amide bonds. The van der Waals surface area contributed by atoms with E-state index >= 15 is 0 Å². The van der Waals surface area contributed by atoms with E-state index in [4.69, 9.17) is 16.3 Å². The summed E-state index contributed by atoms with van der Waals surface area (Å²) in [6.45, 7) is 1.43. The van der Waals surface area contributed by atoms with Crippen LogP contribution in [0.3, 0.4) is 0 Å². The highest BCUT2D eigenvalue weighted by Gasteiger charge is 2.25. The van der Waals surface area contributed by atoms with Crippen molar-refractivity contribution in [2.75, 3.05) is 19.0 Å². The third-order valence-corrected chi connectivity index (χ3v) is 5.48. The third-order valence-electron chi connectivity index (χ3n) is 5.19. The van der Waals surface area contributed by atoms with Gasteiger partial charge in [0.25, 0.3) is 0 Å². The van der Waals surface area contributed by atoms with Gasteiger partial charge in [-0.3, -0.25) is 4.90 Å². The number of rotatable bonds is 6. The number of hydrogen-bond acceptors (Lipinski definition) is 6. The summed E-state index contributed by atoms with van der Waals surface area (Å²) < 4.78 is 19.9. The molecule has 3 aromatic rings. The molecule has 1 aliphatic rings. The number of nitrogens with zero attached hydrogens (tertiary/aromatic N) is 3. The molecule has 1 aliphatic heterocycles. The maximum absolute atomic E-state index is 14.3. The number of hydrogen-bond donors (Lipinski definition) is 1. The molecular formula is C21H20ClFN4O2. The molecule has 1 atom stereocenters. The number of anilines is 2. The average molecular weight is 415 g/mol. The number of aldehydes is 1. The molecule has 29 heavy (non-hydrogen) atoms. The Bertz CT molecular complexity index is 1060. The Hall–Kier alpha value is -2.77. The zero-order valence-corrected chi connectivity index (χ0v) is 16.6. The molecule has 2 aromatic carbocycles. The topological polar surface area (TPSA) is 67.4 Å². The molecular weight excluding hydrogens is 395 g/mol. The molecule has 6 nitrogen and oxygen atoms in total. The monoisotopic (exact) mass is 414 g/mol. The van der Waals surface area contributed by atoms with E-state index in [1.165, 1.54) is 12.4 Å². The molecule has 0 aliphatic carbocycles. The van der Waals surface area contributed by atoms with Crippen molar-refractivity contribution in [3.05, 3.63) is 53.1 Å². The van der Waals surface area contributed by atoms with Gasteiger partial charge in [-0.15, -0.1) is 0 Å². The number of methoxy groups -OCH3 is 1. The van der Waals surface area contributed by atoms with Crippen molar-refractivity contribution in [2.45, 2.75) is 25.4 Å². The minimum Gasteiger partial charge on any atom is -0.496 e. The largest absolute Gasteiger partial charge is 0.496 e. The molecule has 2 heterocycles. The summed E-state index contributed by atoms with van der Waals surface area (Å²) in [6, 6.07) is 8.43. The normalized spacial score (nSPS) is 16.9. The summed E-state index contributed by atoms with van der Waals surface area (Å²) in [6.07, 6.45) is 4.26. The van der Waals surface area contributed by atoms with Crippen LogP contribution < -0.4 is 10.1 Å². The van der Waals surface area contributed by atoms with Gasteiger partial charge in [0, 0.05) is 23.6 Å². The zero-order chi connectivity index (χ0) is 20.4. The fraction of sp³-hybridized carbons (Fsp3) is 0.286. The van der Waals surface area contributed by atoms with Crippen LogP contribution in [0.5, 0.6) is 5.75 Å². The molecule has 4 rings (SSSR count). The summed E-state index contributed by atoms with van der Waals surface area (Å²) in [5, 5.41) is 3.77. The van der Waals surface area contributed by atoms with E-state index in [0.717, 1.165) is 36.6 Å². The van der Waals surface area contributed by atoms with Crippen LogP contribution in [0.1, 0.15) is 18.4 Å². The number of aromatic nitrogens is 2. The van der Waals surface area contributed by atoms with E-state index in [-0.39, 0.29) is 16.8 Å². The second-order valence-electron chi connectivity index (χ2n) is 6.95. The van der Waals surface area contributed by atoms with Crippen molar-refractivity contribution in [3.8, 4) is 5.75 Å². The first-order valence-corrected chi connectivity index (χ1v) is 9.70. The summed E-state index contributed by atoms with van der Waals surface area (Å²) in [5.41, 5.74) is 1.81. The van der Waals surface area contributed by atoms with Gasteiger partial charge in [0.05, 0.1) is 29.4 Å². The van der Waals surface area contributed by atoms with Crippen molar-refractivity contribution in [1.82, 2.24) is 14.9 Å². The molecule has 0 spiro atoms. The van der Waals surface area contributed by atoms with Gasteiger partial charge < -0.3 is 14.8 Å². The first-order chi connectivity index (χ1) is 14.1. The van der Waals surface area contributed by atoms with Crippen LogP contribution in [0.15, 0.2) is 36.7 Å². The number of likely N-dealkylation sites (tertiary alicyclic amines) is 1. The van der Waals surface area contributed by atoms with Crippen LogP contribution in [-0.4, -0.2) is 40.9 Å². The molecule has 150 valence electrons. The smallest absolute Gasteiger partial charge is 0.165 e. The number of nitrogens with one attached hydrogen (secondary N) is 1. The lowest BCUT2D eigenvalue weighted by atomic mass is 10.1. The lowest BCUT2D eigenvalue weighted by Crippen LogP contribution is -2.30. The van der Waals surface area contributed by atoms with Gasteiger partial charge in [-0.05, 0) is 37.6 Å². The molecule has 8 heteroatoms. The highest BCUT2D eigenvalue weighted by molar-refractivity contribution is 6.31. The number of carbonyl (C=O) groups is 1. The van der Waals surface area contributed by atoms with Gasteiger partial charge >= 0.3 is 0 Å². The predicted molar refractivity (Wildman–Crippen MR) is 110 cm³/mol. The van der Waals surface area contributed by atoms with Crippen LogP contribution in [-0.2, 0) is 11.3 Å². The number of carbonyl (C=O) groups excluding carboxylic acids is 1. The van der Waals surface area contributed by atoms with E-state index in [1.54, 1.807) is 19.2 Å². The Morgan fingerprint density at radius 1 is 1.38 bits per heavy atom. The highest BCUT2D eigenvalue weighted by atomic mass is 35.5. The third kappa shape index (κ3) is 3.88. The quantitative estimate of drug-likeness (QED) is 0.605. The van der Waals surface area contributed by atoms with Gasteiger partial charge in [0.2, 0.25) is 0 Å². The van der Waals surface area contributed by atoms with E-state index in [9.17, 15) is 9.18 Å². The molecule has 0 bridgehead atoms. The second kappa shape index (κ2) is 8.31. The van der Waals surface area contributed by atoms with Crippen molar-refractivity contribution in [2.24, 2.45) is 0 Å². The van der Waals surface area contributed by atoms with Crippen LogP contribution in [0.4, 0.5) is 15.9 Å². The van der Waals surface area contributed by atoms with Crippen LogP contribution >= 0.6 is 11.6 Å². The van der Waals surface area contributed by atoms with Crippen LogP contribution in [0, 0.1) is 5.82 Å². The van der Waals surface area contributed by atoms with Crippen LogP contribution in [0.25, 0.3) is 10.9 Å². The molecule has 0 saturated carbocycles. The summed E-state index contributed by atoms with van der Waals surface area (Å²) in [4.78, 5) is 22.1. The fourth-order valence-corrected chi connectivity index (χ4v) is 3.87.